The minimum Gasteiger partial charge on any atom is -0.497 e. The maximum Gasteiger partial charge on any atom is 0.335 e. The highest BCUT2D eigenvalue weighted by atomic mass is 32.2. The van der Waals surface area contributed by atoms with Gasteiger partial charge in [0.05, 0.1) is 54.2 Å². The first-order valence-corrected chi connectivity index (χ1v) is 15.4. The molecular formula is C26H26N4O11S2. The number of methoxy groups -OCH3 is 1. The van der Waals surface area contributed by atoms with Crippen LogP contribution in [0.15, 0.2) is 71.9 Å². The molecule has 0 aliphatic heterocycles. The zero-order chi connectivity index (χ0) is 31.8. The highest BCUT2D eigenvalue weighted by Crippen LogP contribution is 2.12. The quantitative estimate of drug-likeness (QED) is 0.180. The van der Waals surface area contributed by atoms with Gasteiger partial charge >= 0.3 is 5.97 Å². The molecule has 0 spiro atoms. The van der Waals surface area contributed by atoms with Gasteiger partial charge in [-0.15, -0.1) is 0 Å². The highest BCUT2D eigenvalue weighted by molar-refractivity contribution is 7.89. The maximum atomic E-state index is 13.0. The lowest BCUT2D eigenvalue weighted by Crippen LogP contribution is -2.25. The molecule has 0 radical (unpaired) electrons. The molecule has 15 nitrogen and oxygen atoms in total. The number of hydrogen-bond acceptors (Lipinski definition) is 10. The number of aromatic nitrogens is 3. The average Bonchev–Trinajstić information content (AvgIpc) is 2.96. The number of hydrogen-bond donors (Lipinski definition) is 4. The molecule has 0 bridgehead atoms. The number of nitrogens with one attached hydrogen (secondary N) is 1. The lowest BCUT2D eigenvalue weighted by molar-refractivity contribution is 0.0696. The van der Waals surface area contributed by atoms with Crippen LogP contribution in [0.1, 0.15) is 32.0 Å². The van der Waals surface area contributed by atoms with Crippen molar-refractivity contribution >= 4 is 43.0 Å². The van der Waals surface area contributed by atoms with Gasteiger partial charge in [-0.2, -0.15) is 16.8 Å². The lowest BCUT2D eigenvalue weighted by atomic mass is 10.1. The number of benzene rings is 2. The van der Waals surface area contributed by atoms with Gasteiger partial charge in [0.2, 0.25) is 0 Å². The van der Waals surface area contributed by atoms with Crippen molar-refractivity contribution < 1.29 is 45.4 Å². The van der Waals surface area contributed by atoms with Crippen molar-refractivity contribution in [2.75, 3.05) is 18.6 Å². The van der Waals surface area contributed by atoms with E-state index in [0.29, 0.717) is 12.1 Å². The van der Waals surface area contributed by atoms with Crippen LogP contribution < -0.4 is 15.6 Å². The van der Waals surface area contributed by atoms with Crippen molar-refractivity contribution in [1.82, 2.24) is 19.9 Å². The van der Waals surface area contributed by atoms with Gasteiger partial charge in [-0.25, -0.2) is 14.8 Å². The first kappa shape index (κ1) is 32.8. The number of pyridine rings is 1. The molecule has 0 aliphatic carbocycles. The lowest BCUT2D eigenvalue weighted by Gasteiger charge is -2.09. The highest BCUT2D eigenvalue weighted by Gasteiger charge is 2.13. The van der Waals surface area contributed by atoms with Crippen LogP contribution in [-0.4, -0.2) is 76.1 Å². The van der Waals surface area contributed by atoms with Gasteiger partial charge in [0.15, 0.2) is 0 Å². The van der Waals surface area contributed by atoms with Crippen LogP contribution in [0.3, 0.4) is 0 Å². The fourth-order valence-electron chi connectivity index (χ4n) is 3.47. The van der Waals surface area contributed by atoms with Crippen molar-refractivity contribution in [2.45, 2.75) is 13.1 Å². The normalized spacial score (nSPS) is 11.3. The fourth-order valence-corrected chi connectivity index (χ4v) is 5.16. The molecule has 2 heterocycles. The molecule has 4 rings (SSSR count). The topological polar surface area (TPSA) is 232 Å². The standard InChI is InChI=1S/C24H20N4O5.C2H6O6S2/c1-33-18-8-4-15(5-9-18)11-26-22(29)20-10-19-21(12-25-20)27-14-28(23(19)30)13-16-2-6-17(7-3-16)24(31)32;3-9(4,5)1-2-10(6,7)8/h2-10,12,14H,11,13H2,1H3,(H,26,29)(H,31,32);1-2H2,(H,3,4,5)(H,6,7,8). The molecule has 4 N–H and O–H groups in total. The molecule has 0 unspecified atom stereocenters. The summed E-state index contributed by atoms with van der Waals surface area (Å²) in [6, 6.07) is 15.0. The largest absolute Gasteiger partial charge is 0.497 e. The van der Waals surface area contributed by atoms with Crippen molar-refractivity contribution in [2.24, 2.45) is 0 Å². The number of nitrogens with zero attached hydrogens (tertiary/aromatic N) is 3. The van der Waals surface area contributed by atoms with Gasteiger partial charge in [-0.3, -0.25) is 23.3 Å². The minimum absolute atomic E-state index is 0.110. The molecule has 43 heavy (non-hydrogen) atoms. The Bertz CT molecular complexity index is 1860. The van der Waals surface area contributed by atoms with E-state index in [1.165, 1.54) is 35.3 Å². The van der Waals surface area contributed by atoms with Gasteiger partial charge in [-0.1, -0.05) is 24.3 Å². The Hall–Kier alpha value is -4.71. The number of aromatic carboxylic acids is 1. The number of carboxylic acids is 1. The smallest absolute Gasteiger partial charge is 0.335 e. The van der Waals surface area contributed by atoms with Crippen LogP contribution in [0.5, 0.6) is 5.75 Å². The fraction of sp³-hybridized carbons (Fsp3) is 0.192. The van der Waals surface area contributed by atoms with E-state index in [-0.39, 0.29) is 28.7 Å². The van der Waals surface area contributed by atoms with E-state index in [1.54, 1.807) is 31.4 Å². The Kier molecular flexibility index (Phi) is 10.7. The SMILES string of the molecule is COc1ccc(CNC(=O)c2cc3c(=O)n(Cc4ccc(C(=O)O)cc4)cnc3cn2)cc1.O=S(=O)(O)CCS(=O)(=O)O. The van der Waals surface area contributed by atoms with E-state index in [2.05, 4.69) is 15.3 Å². The summed E-state index contributed by atoms with van der Waals surface area (Å²) in [5.41, 5.74) is 1.97. The Morgan fingerprint density at radius 2 is 1.49 bits per heavy atom. The van der Waals surface area contributed by atoms with Crippen LogP contribution in [0.25, 0.3) is 10.9 Å². The van der Waals surface area contributed by atoms with Crippen molar-refractivity contribution in [3.63, 3.8) is 0 Å². The monoisotopic (exact) mass is 634 g/mol. The number of carbonyl (C=O) groups is 2. The van der Waals surface area contributed by atoms with Crippen molar-refractivity contribution in [3.8, 4) is 5.75 Å². The summed E-state index contributed by atoms with van der Waals surface area (Å²) in [4.78, 5) is 45.0. The van der Waals surface area contributed by atoms with E-state index in [1.807, 2.05) is 12.1 Å². The predicted molar refractivity (Wildman–Crippen MR) is 153 cm³/mol. The van der Waals surface area contributed by atoms with Gasteiger partial charge in [0, 0.05) is 6.54 Å². The Labute approximate surface area is 245 Å². The van der Waals surface area contributed by atoms with Crippen LogP contribution in [0, 0.1) is 0 Å². The van der Waals surface area contributed by atoms with E-state index in [4.69, 9.17) is 18.9 Å². The summed E-state index contributed by atoms with van der Waals surface area (Å²) < 4.78 is 61.9. The number of carboxylic acid groups (broad SMARTS) is 1. The summed E-state index contributed by atoms with van der Waals surface area (Å²) in [5, 5.41) is 12.1. The van der Waals surface area contributed by atoms with E-state index in [9.17, 15) is 31.2 Å². The van der Waals surface area contributed by atoms with Crippen LogP contribution in [-0.2, 0) is 33.3 Å². The van der Waals surface area contributed by atoms with Gasteiger partial charge in [0.1, 0.15) is 11.4 Å². The number of rotatable bonds is 10. The first-order valence-electron chi connectivity index (χ1n) is 12.1. The number of ether oxygens (including phenoxy) is 1. The number of amides is 1. The minimum atomic E-state index is -4.30. The third-order valence-electron chi connectivity index (χ3n) is 5.71. The Morgan fingerprint density at radius 3 is 2.02 bits per heavy atom. The van der Waals surface area contributed by atoms with E-state index < -0.39 is 43.6 Å². The molecule has 0 aliphatic rings. The summed E-state index contributed by atoms with van der Waals surface area (Å²) in [6.45, 7) is 0.509. The summed E-state index contributed by atoms with van der Waals surface area (Å²) >= 11 is 0. The van der Waals surface area contributed by atoms with Gasteiger partial charge in [-0.05, 0) is 41.5 Å². The predicted octanol–water partition coefficient (Wildman–Crippen LogP) is 1.24. The third-order valence-corrected chi connectivity index (χ3v) is 7.41. The molecule has 2 aromatic carbocycles. The van der Waals surface area contributed by atoms with Crippen molar-refractivity contribution in [3.05, 3.63) is 99.9 Å². The molecule has 0 atom stereocenters. The van der Waals surface area contributed by atoms with Gasteiger partial charge < -0.3 is 15.2 Å². The second kappa shape index (κ2) is 14.0. The Morgan fingerprint density at radius 1 is 0.907 bits per heavy atom. The molecule has 1 amide bonds. The zero-order valence-electron chi connectivity index (χ0n) is 22.4. The first-order chi connectivity index (χ1) is 20.1. The number of fused-ring (bicyclic) bond motifs is 1. The molecular weight excluding hydrogens is 608 g/mol. The Balaban J connectivity index is 0.000000436. The average molecular weight is 635 g/mol. The molecule has 228 valence electrons. The van der Waals surface area contributed by atoms with Crippen LogP contribution in [0.4, 0.5) is 0 Å². The molecule has 2 aromatic heterocycles. The molecule has 17 heteroatoms. The number of carbonyl (C=O) groups excluding carboxylic acids is 1. The zero-order valence-corrected chi connectivity index (χ0v) is 24.1. The maximum absolute atomic E-state index is 13.0. The van der Waals surface area contributed by atoms with E-state index in [0.717, 1.165) is 16.9 Å². The van der Waals surface area contributed by atoms with E-state index >= 15 is 0 Å². The third kappa shape index (κ3) is 10.3. The molecule has 0 saturated carbocycles. The second-order valence-electron chi connectivity index (χ2n) is 8.87. The van der Waals surface area contributed by atoms with Crippen LogP contribution in [0.2, 0.25) is 0 Å². The van der Waals surface area contributed by atoms with Crippen LogP contribution >= 0.6 is 0 Å². The summed E-state index contributed by atoms with van der Waals surface area (Å²) in [7, 11) is -7.01. The molecule has 0 fully saturated rings. The molecule has 4 aromatic rings. The van der Waals surface area contributed by atoms with Gasteiger partial charge in [0.25, 0.3) is 31.7 Å². The van der Waals surface area contributed by atoms with Crippen molar-refractivity contribution in [1.29, 1.82) is 0 Å². The summed E-state index contributed by atoms with van der Waals surface area (Å²) in [6.07, 6.45) is 2.80. The summed E-state index contributed by atoms with van der Waals surface area (Å²) in [5.74, 6) is -2.66. The second-order valence-corrected chi connectivity index (χ2v) is 12.0. The molecule has 0 saturated heterocycles.